The Bertz CT molecular complexity index is 1500. The van der Waals surface area contributed by atoms with Crippen LogP contribution in [0.3, 0.4) is 0 Å². The number of aromatic nitrogens is 3. The Balaban J connectivity index is 1.46. The molecule has 190 valence electrons. The minimum Gasteiger partial charge on any atom is -0.478 e. The molecule has 4 aromatic rings. The maximum atomic E-state index is 13.1. The van der Waals surface area contributed by atoms with Gasteiger partial charge in [0.25, 0.3) is 0 Å². The van der Waals surface area contributed by atoms with Gasteiger partial charge in [0.05, 0.1) is 21.7 Å². The lowest BCUT2D eigenvalue weighted by Crippen LogP contribution is -2.32. The Morgan fingerprint density at radius 3 is 2.68 bits per heavy atom. The molecule has 5 rings (SSSR count). The van der Waals surface area contributed by atoms with Gasteiger partial charge in [0.2, 0.25) is 0 Å². The minimum atomic E-state index is -4.49. The number of fused-ring (bicyclic) bond motifs is 1. The normalized spacial score (nSPS) is 17.3. The molecule has 0 spiro atoms. The Morgan fingerprint density at radius 2 is 1.92 bits per heavy atom. The first-order chi connectivity index (χ1) is 17.5. The molecule has 3 aromatic heterocycles. The fraction of sp³-hybridized carbons (Fsp3) is 0.231. The van der Waals surface area contributed by atoms with E-state index >= 15 is 0 Å². The highest BCUT2D eigenvalue weighted by atomic mass is 32.1. The average molecular weight is 527 g/mol. The quantitative estimate of drug-likeness (QED) is 0.295. The highest BCUT2D eigenvalue weighted by Gasteiger charge is 2.39. The Kier molecular flexibility index (Phi) is 6.20. The second kappa shape index (κ2) is 9.24. The van der Waals surface area contributed by atoms with E-state index in [0.29, 0.717) is 46.2 Å². The van der Waals surface area contributed by atoms with Crippen LogP contribution in [0.2, 0.25) is 0 Å². The molecule has 0 radical (unpaired) electrons. The molecular weight excluding hydrogens is 505 g/mol. The molecule has 0 saturated heterocycles. The predicted molar refractivity (Wildman–Crippen MR) is 132 cm³/mol. The van der Waals surface area contributed by atoms with Crippen molar-refractivity contribution in [3.05, 3.63) is 87.7 Å². The van der Waals surface area contributed by atoms with Gasteiger partial charge in [-0.2, -0.15) is 13.2 Å². The second-order valence-electron chi connectivity index (χ2n) is 8.89. The summed E-state index contributed by atoms with van der Waals surface area (Å²) in [5.74, 6) is -0.693. The summed E-state index contributed by atoms with van der Waals surface area (Å²) in [6, 6.07) is 10.1. The molecule has 1 aromatic carbocycles. The third-order valence-electron chi connectivity index (χ3n) is 6.21. The largest absolute Gasteiger partial charge is 0.478 e. The lowest BCUT2D eigenvalue weighted by Gasteiger charge is -2.33. The van der Waals surface area contributed by atoms with Gasteiger partial charge < -0.3 is 15.5 Å². The number of aromatic carboxylic acids is 1. The van der Waals surface area contributed by atoms with Crippen LogP contribution in [0.15, 0.2) is 54.9 Å². The minimum absolute atomic E-state index is 0.0118. The average Bonchev–Trinajstić information content (AvgIpc) is 3.35. The van der Waals surface area contributed by atoms with E-state index in [1.54, 1.807) is 24.4 Å². The van der Waals surface area contributed by atoms with Crippen molar-refractivity contribution in [1.29, 1.82) is 0 Å². The number of hydrogen-bond acceptors (Lipinski definition) is 7. The molecule has 0 bridgehead atoms. The zero-order valence-electron chi connectivity index (χ0n) is 19.5. The first-order valence-electron chi connectivity index (χ1n) is 11.4. The van der Waals surface area contributed by atoms with Crippen molar-refractivity contribution in [2.24, 2.45) is 0 Å². The molecule has 0 unspecified atom stereocenters. The SMILES string of the molecule is Cc1cc(Nc2cc(C(F)(F)F)ccn2)nc(-c2cnc([C@]3(O)CCCc4cc(C(=O)O)ccc43)s2)c1. The number of nitrogens with one attached hydrogen (secondary N) is 1. The molecule has 11 heteroatoms. The molecular formula is C26H21F3N4O3S. The van der Waals surface area contributed by atoms with Gasteiger partial charge in [-0.3, -0.25) is 0 Å². The van der Waals surface area contributed by atoms with Crippen LogP contribution >= 0.6 is 11.3 Å². The van der Waals surface area contributed by atoms with Crippen LogP contribution in [0, 0.1) is 6.92 Å². The van der Waals surface area contributed by atoms with Crippen molar-refractivity contribution in [3.63, 3.8) is 0 Å². The number of alkyl halides is 3. The Labute approximate surface area is 213 Å². The number of carboxylic acid groups (broad SMARTS) is 1. The van der Waals surface area contributed by atoms with Crippen LogP contribution in [0.25, 0.3) is 10.6 Å². The highest BCUT2D eigenvalue weighted by Crippen LogP contribution is 2.43. The highest BCUT2D eigenvalue weighted by molar-refractivity contribution is 7.15. The number of aliphatic hydroxyl groups is 1. The monoisotopic (exact) mass is 526 g/mol. The number of benzene rings is 1. The summed E-state index contributed by atoms with van der Waals surface area (Å²) < 4.78 is 39.2. The lowest BCUT2D eigenvalue weighted by atomic mass is 9.79. The smallest absolute Gasteiger partial charge is 0.416 e. The summed E-state index contributed by atoms with van der Waals surface area (Å²) in [5.41, 5.74) is 0.763. The van der Waals surface area contributed by atoms with Gasteiger partial charge in [-0.15, -0.1) is 11.3 Å². The summed E-state index contributed by atoms with van der Waals surface area (Å²) in [6.45, 7) is 1.84. The zero-order valence-corrected chi connectivity index (χ0v) is 20.3. The van der Waals surface area contributed by atoms with Gasteiger partial charge in [-0.05, 0) is 79.3 Å². The number of carbonyl (C=O) groups is 1. The summed E-state index contributed by atoms with van der Waals surface area (Å²) in [6.07, 6.45) is -0.0336. The summed E-state index contributed by atoms with van der Waals surface area (Å²) >= 11 is 1.26. The first-order valence-corrected chi connectivity index (χ1v) is 12.2. The number of aryl methyl sites for hydroxylation is 2. The van der Waals surface area contributed by atoms with Crippen molar-refractivity contribution in [2.45, 2.75) is 38.0 Å². The van der Waals surface area contributed by atoms with Crippen molar-refractivity contribution in [3.8, 4) is 10.6 Å². The number of nitrogens with zero attached hydrogens (tertiary/aromatic N) is 3. The van der Waals surface area contributed by atoms with Gasteiger partial charge >= 0.3 is 12.1 Å². The van der Waals surface area contributed by atoms with Crippen molar-refractivity contribution in [1.82, 2.24) is 15.0 Å². The standard InChI is InChI=1S/C26H21F3N4O3S/c1-14-9-19(32-22(10-14)33-21-12-17(6-8-30-21)26(27,28)29)20-13-31-24(37-20)25(36)7-2-3-15-11-16(23(34)35)4-5-18(15)25/h4-6,8-13,36H,2-3,7H2,1H3,(H,34,35)(H,30,32,33)/t25-/m0/s1. The molecule has 1 aliphatic carbocycles. The number of halogens is 3. The second-order valence-corrected chi connectivity index (χ2v) is 9.92. The van der Waals surface area contributed by atoms with Crippen molar-refractivity contribution >= 4 is 28.9 Å². The van der Waals surface area contributed by atoms with E-state index in [1.807, 2.05) is 13.0 Å². The van der Waals surface area contributed by atoms with Gasteiger partial charge in [-0.1, -0.05) is 6.07 Å². The molecule has 0 saturated carbocycles. The maximum Gasteiger partial charge on any atom is 0.416 e. The van der Waals surface area contributed by atoms with E-state index in [4.69, 9.17) is 0 Å². The number of pyridine rings is 2. The van der Waals surface area contributed by atoms with E-state index in [2.05, 4.69) is 20.3 Å². The molecule has 1 atom stereocenters. The summed E-state index contributed by atoms with van der Waals surface area (Å²) in [4.78, 5) is 25.0. The zero-order chi connectivity index (χ0) is 26.4. The van der Waals surface area contributed by atoms with Gasteiger partial charge in [0, 0.05) is 12.4 Å². The van der Waals surface area contributed by atoms with Gasteiger partial charge in [0.1, 0.15) is 22.2 Å². The summed E-state index contributed by atoms with van der Waals surface area (Å²) in [7, 11) is 0. The molecule has 0 amide bonds. The predicted octanol–water partition coefficient (Wildman–Crippen LogP) is 5.94. The van der Waals surface area contributed by atoms with Gasteiger partial charge in [0.15, 0.2) is 0 Å². The number of hydrogen-bond donors (Lipinski definition) is 3. The maximum absolute atomic E-state index is 13.1. The molecule has 3 heterocycles. The van der Waals surface area contributed by atoms with E-state index in [0.717, 1.165) is 29.5 Å². The van der Waals surface area contributed by atoms with E-state index in [1.165, 1.54) is 17.4 Å². The van der Waals surface area contributed by atoms with Crippen molar-refractivity contribution < 1.29 is 28.2 Å². The lowest BCUT2D eigenvalue weighted by molar-refractivity contribution is -0.137. The number of rotatable bonds is 5. The Hall–Kier alpha value is -3.83. The molecule has 1 aliphatic rings. The molecule has 0 aliphatic heterocycles. The van der Waals surface area contributed by atoms with Crippen LogP contribution in [0.5, 0.6) is 0 Å². The fourth-order valence-corrected chi connectivity index (χ4v) is 5.49. The number of carboxylic acids is 1. The van der Waals surface area contributed by atoms with Crippen LogP contribution in [-0.2, 0) is 18.2 Å². The van der Waals surface area contributed by atoms with Crippen molar-refractivity contribution in [2.75, 3.05) is 5.32 Å². The number of anilines is 2. The topological polar surface area (TPSA) is 108 Å². The van der Waals surface area contributed by atoms with E-state index < -0.39 is 23.3 Å². The third-order valence-corrected chi connectivity index (χ3v) is 7.38. The molecule has 3 N–H and O–H groups in total. The molecule has 37 heavy (non-hydrogen) atoms. The molecule has 7 nitrogen and oxygen atoms in total. The first kappa shape index (κ1) is 24.8. The Morgan fingerprint density at radius 1 is 1.11 bits per heavy atom. The van der Waals surface area contributed by atoms with Crippen LogP contribution < -0.4 is 5.32 Å². The van der Waals surface area contributed by atoms with E-state index in [-0.39, 0.29) is 11.4 Å². The van der Waals surface area contributed by atoms with Crippen LogP contribution in [-0.4, -0.2) is 31.1 Å². The van der Waals surface area contributed by atoms with Gasteiger partial charge in [-0.25, -0.2) is 19.7 Å². The molecule has 0 fully saturated rings. The summed E-state index contributed by atoms with van der Waals surface area (Å²) in [5, 5.41) is 24.3. The third kappa shape index (κ3) is 4.92. The van der Waals surface area contributed by atoms with Crippen LogP contribution in [0.4, 0.5) is 24.8 Å². The fourth-order valence-electron chi connectivity index (χ4n) is 4.48. The van der Waals surface area contributed by atoms with Crippen LogP contribution in [0.1, 0.15) is 50.5 Å². The number of thiazole rings is 1. The van der Waals surface area contributed by atoms with E-state index in [9.17, 15) is 28.2 Å².